The quantitative estimate of drug-likeness (QED) is 0.735. The number of halogens is 3. The third-order valence-corrected chi connectivity index (χ3v) is 5.09. The minimum Gasteiger partial charge on any atom is -0.320 e. The topological polar surface area (TPSA) is 26.0 Å². The van der Waals surface area contributed by atoms with E-state index < -0.39 is 0 Å². The van der Waals surface area contributed by atoms with Crippen molar-refractivity contribution in [3.8, 4) is 0 Å². The van der Waals surface area contributed by atoms with E-state index in [-0.39, 0.29) is 6.04 Å². The number of rotatable bonds is 2. The van der Waals surface area contributed by atoms with Gasteiger partial charge in [-0.05, 0) is 52.7 Å². The van der Waals surface area contributed by atoms with Gasteiger partial charge >= 0.3 is 0 Å². The van der Waals surface area contributed by atoms with E-state index in [1.54, 1.807) is 11.3 Å². The van der Waals surface area contributed by atoms with E-state index in [9.17, 15) is 0 Å². The summed E-state index contributed by atoms with van der Waals surface area (Å²) in [6, 6.07) is 7.68. The summed E-state index contributed by atoms with van der Waals surface area (Å²) in [5.41, 5.74) is 7.28. The first-order chi connectivity index (χ1) is 7.97. The molecule has 0 aliphatic heterocycles. The lowest BCUT2D eigenvalue weighted by atomic mass is 10.1. The van der Waals surface area contributed by atoms with Crippen molar-refractivity contribution in [2.45, 2.75) is 13.0 Å². The number of nitrogens with two attached hydrogens (primary N) is 1. The van der Waals surface area contributed by atoms with Gasteiger partial charge in [0, 0.05) is 23.7 Å². The number of thiophene rings is 1. The molecule has 2 aromatic rings. The van der Waals surface area contributed by atoms with Gasteiger partial charge in [-0.2, -0.15) is 0 Å². The van der Waals surface area contributed by atoms with Gasteiger partial charge in [0.2, 0.25) is 0 Å². The predicted octanol–water partition coefficient (Wildman–Crippen LogP) is 5.28. The highest BCUT2D eigenvalue weighted by atomic mass is 79.9. The Kier molecular flexibility index (Phi) is 4.31. The number of benzene rings is 1. The summed E-state index contributed by atoms with van der Waals surface area (Å²) in [5.74, 6) is 0. The van der Waals surface area contributed by atoms with Crippen molar-refractivity contribution in [1.29, 1.82) is 0 Å². The molecule has 0 saturated heterocycles. The molecule has 0 spiro atoms. The first-order valence-corrected chi connectivity index (χ1v) is 7.73. The molecule has 0 fully saturated rings. The van der Waals surface area contributed by atoms with E-state index in [0.717, 1.165) is 19.4 Å². The van der Waals surface area contributed by atoms with Crippen LogP contribution in [-0.2, 0) is 0 Å². The number of hydrogen-bond acceptors (Lipinski definition) is 2. The van der Waals surface area contributed by atoms with Crippen molar-refractivity contribution < 1.29 is 0 Å². The van der Waals surface area contributed by atoms with E-state index in [0.29, 0.717) is 5.02 Å². The van der Waals surface area contributed by atoms with Crippen LogP contribution in [0.3, 0.4) is 0 Å². The molecule has 1 aromatic carbocycles. The second-order valence-corrected chi connectivity index (χ2v) is 7.24. The molecule has 2 N–H and O–H groups in total. The van der Waals surface area contributed by atoms with Crippen molar-refractivity contribution in [2.75, 3.05) is 0 Å². The minimum atomic E-state index is -0.155. The van der Waals surface area contributed by atoms with Gasteiger partial charge in [-0.3, -0.25) is 0 Å². The molecule has 1 nitrogen and oxygen atoms in total. The second kappa shape index (κ2) is 5.41. The molecule has 17 heavy (non-hydrogen) atoms. The van der Waals surface area contributed by atoms with Gasteiger partial charge in [0.25, 0.3) is 0 Å². The average Bonchev–Trinajstić information content (AvgIpc) is 2.55. The number of aryl methyl sites for hydroxylation is 1. The molecular formula is C12H10Br2ClNS. The van der Waals surface area contributed by atoms with Crippen LogP contribution in [-0.4, -0.2) is 0 Å². The van der Waals surface area contributed by atoms with Gasteiger partial charge in [-0.15, -0.1) is 11.3 Å². The van der Waals surface area contributed by atoms with Crippen LogP contribution >= 0.6 is 54.8 Å². The summed E-state index contributed by atoms with van der Waals surface area (Å²) in [6.07, 6.45) is 0. The monoisotopic (exact) mass is 393 g/mol. The van der Waals surface area contributed by atoms with Crippen molar-refractivity contribution in [3.63, 3.8) is 0 Å². The molecular weight excluding hydrogens is 385 g/mol. The van der Waals surface area contributed by atoms with Crippen LogP contribution in [0.25, 0.3) is 0 Å². The first-order valence-electron chi connectivity index (χ1n) is 4.95. The summed E-state index contributed by atoms with van der Waals surface area (Å²) < 4.78 is 2.00. The van der Waals surface area contributed by atoms with Gasteiger partial charge < -0.3 is 5.73 Å². The standard InChI is InChI=1S/C12H10Br2ClNS/c1-6-2-10(14)12(17-6)11(16)7-3-8(13)5-9(15)4-7/h2-5,11H,16H2,1H3. The fraction of sp³-hybridized carbons (Fsp3) is 0.167. The van der Waals surface area contributed by atoms with Crippen molar-refractivity contribution in [3.05, 3.63) is 53.6 Å². The van der Waals surface area contributed by atoms with Crippen LogP contribution in [0, 0.1) is 6.92 Å². The molecule has 0 saturated carbocycles. The molecule has 1 atom stereocenters. The Hall–Kier alpha value is 0.130. The molecule has 5 heteroatoms. The summed E-state index contributed by atoms with van der Waals surface area (Å²) in [5, 5.41) is 0.689. The van der Waals surface area contributed by atoms with Crippen molar-refractivity contribution in [1.82, 2.24) is 0 Å². The maximum atomic E-state index is 6.27. The molecule has 1 heterocycles. The highest BCUT2D eigenvalue weighted by Gasteiger charge is 2.16. The zero-order valence-electron chi connectivity index (χ0n) is 9.01. The lowest BCUT2D eigenvalue weighted by molar-refractivity contribution is 0.888. The van der Waals surface area contributed by atoms with Gasteiger partial charge in [0.05, 0.1) is 6.04 Å². The SMILES string of the molecule is Cc1cc(Br)c(C(N)c2cc(Cl)cc(Br)c2)s1. The molecule has 1 unspecified atom stereocenters. The summed E-state index contributed by atoms with van der Waals surface area (Å²) in [7, 11) is 0. The van der Waals surface area contributed by atoms with Crippen LogP contribution in [0.15, 0.2) is 33.2 Å². The minimum absolute atomic E-state index is 0.155. The molecule has 90 valence electrons. The third-order valence-electron chi connectivity index (χ3n) is 2.36. The maximum absolute atomic E-state index is 6.27. The van der Waals surface area contributed by atoms with E-state index in [1.807, 2.05) is 18.2 Å². The Morgan fingerprint density at radius 3 is 2.47 bits per heavy atom. The van der Waals surface area contributed by atoms with Gasteiger partial charge in [0.1, 0.15) is 0 Å². The molecule has 0 aliphatic carbocycles. The van der Waals surface area contributed by atoms with Crippen LogP contribution in [0.5, 0.6) is 0 Å². The summed E-state index contributed by atoms with van der Waals surface area (Å²) in [4.78, 5) is 2.36. The Labute approximate surface area is 126 Å². The van der Waals surface area contributed by atoms with E-state index >= 15 is 0 Å². The van der Waals surface area contributed by atoms with Crippen LogP contribution < -0.4 is 5.73 Å². The lowest BCUT2D eigenvalue weighted by Crippen LogP contribution is -2.10. The highest BCUT2D eigenvalue weighted by Crippen LogP contribution is 2.35. The average molecular weight is 396 g/mol. The van der Waals surface area contributed by atoms with Gasteiger partial charge in [-0.25, -0.2) is 0 Å². The predicted molar refractivity (Wildman–Crippen MR) is 81.9 cm³/mol. The Morgan fingerprint density at radius 2 is 1.94 bits per heavy atom. The Balaban J connectivity index is 2.43. The lowest BCUT2D eigenvalue weighted by Gasteiger charge is -2.12. The number of hydrogen-bond donors (Lipinski definition) is 1. The third kappa shape index (κ3) is 3.12. The van der Waals surface area contributed by atoms with Gasteiger partial charge in [-0.1, -0.05) is 27.5 Å². The van der Waals surface area contributed by atoms with E-state index in [4.69, 9.17) is 17.3 Å². The molecule has 0 amide bonds. The molecule has 0 bridgehead atoms. The molecule has 0 aliphatic rings. The first kappa shape index (κ1) is 13.6. The van der Waals surface area contributed by atoms with Gasteiger partial charge in [0.15, 0.2) is 0 Å². The largest absolute Gasteiger partial charge is 0.320 e. The van der Waals surface area contributed by atoms with E-state index in [1.165, 1.54) is 4.88 Å². The second-order valence-electron chi connectivity index (χ2n) is 3.75. The zero-order chi connectivity index (χ0) is 12.6. The molecule has 0 radical (unpaired) electrons. The normalized spacial score (nSPS) is 12.8. The van der Waals surface area contributed by atoms with Crippen LogP contribution in [0.2, 0.25) is 5.02 Å². The van der Waals surface area contributed by atoms with Crippen molar-refractivity contribution >= 4 is 54.8 Å². The fourth-order valence-corrected chi connectivity index (χ4v) is 4.43. The Morgan fingerprint density at radius 1 is 1.24 bits per heavy atom. The zero-order valence-corrected chi connectivity index (χ0v) is 13.8. The smallest absolute Gasteiger partial charge is 0.0658 e. The van der Waals surface area contributed by atoms with Crippen LogP contribution in [0.1, 0.15) is 21.4 Å². The fourth-order valence-electron chi connectivity index (χ4n) is 1.62. The molecule has 1 aromatic heterocycles. The maximum Gasteiger partial charge on any atom is 0.0658 e. The summed E-state index contributed by atoms with van der Waals surface area (Å²) in [6.45, 7) is 2.07. The molecule has 2 rings (SSSR count). The highest BCUT2D eigenvalue weighted by molar-refractivity contribution is 9.10. The van der Waals surface area contributed by atoms with Crippen LogP contribution in [0.4, 0.5) is 0 Å². The summed E-state index contributed by atoms with van der Waals surface area (Å²) >= 11 is 14.7. The Bertz CT molecular complexity index is 533. The van der Waals surface area contributed by atoms with E-state index in [2.05, 4.69) is 44.8 Å². The van der Waals surface area contributed by atoms with Crippen molar-refractivity contribution in [2.24, 2.45) is 5.73 Å².